The first kappa shape index (κ1) is 20.1. The summed E-state index contributed by atoms with van der Waals surface area (Å²) < 4.78 is 4.67. The molecule has 2 aliphatic carbocycles. The maximum absolute atomic E-state index is 2.58. The molecule has 2 aromatic rings. The van der Waals surface area contributed by atoms with Gasteiger partial charge in [0.1, 0.15) is 0 Å². The molecular formula is C23H24Cl2Zr. The van der Waals surface area contributed by atoms with Gasteiger partial charge in [-0.3, -0.25) is 0 Å². The summed E-state index contributed by atoms with van der Waals surface area (Å²) in [5.41, 5.74) is 9.11. The molecule has 0 amide bonds. The molecule has 0 nitrogen and oxygen atoms in total. The van der Waals surface area contributed by atoms with Crippen LogP contribution in [0.2, 0.25) is 8.26 Å². The standard InChI is InChI=1S/2C10H9.C3H6.2ClH.Zr/c2*1-8-5-6-9-3-2-4-10(9)7-8;1-3-2;;;/h2*2-7H,1H3;1-3H2;2*1H;/q;;;;;+2/p-2. The minimum absolute atomic E-state index is 0. The van der Waals surface area contributed by atoms with E-state index in [0.29, 0.717) is 0 Å². The number of benzene rings is 2. The summed E-state index contributed by atoms with van der Waals surface area (Å²) in [6, 6.07) is 14.2. The van der Waals surface area contributed by atoms with E-state index < -0.39 is 20.3 Å². The zero-order chi connectivity index (χ0) is 16.3. The molecule has 0 aromatic heterocycles. The fraction of sp³-hybridized carbons (Fsp3) is 0.304. The Labute approximate surface area is 174 Å². The smallest absolute Gasteiger partial charge is 1.00 e. The van der Waals surface area contributed by atoms with Crippen molar-refractivity contribution in [3.05, 3.63) is 81.9 Å². The van der Waals surface area contributed by atoms with Crippen LogP contribution < -0.4 is 24.8 Å². The van der Waals surface area contributed by atoms with Crippen LogP contribution in [0.4, 0.5) is 0 Å². The van der Waals surface area contributed by atoms with Gasteiger partial charge >= 0.3 is 150 Å². The average Bonchev–Trinajstić information content (AvgIpc) is 3.12. The van der Waals surface area contributed by atoms with Crippen LogP contribution in [0, 0.1) is 13.8 Å². The van der Waals surface area contributed by atoms with E-state index in [2.05, 4.69) is 74.5 Å². The van der Waals surface area contributed by atoms with E-state index in [1.165, 1.54) is 28.7 Å². The average molecular weight is 463 g/mol. The first-order chi connectivity index (χ1) is 11.7. The van der Waals surface area contributed by atoms with Gasteiger partial charge in [0.15, 0.2) is 0 Å². The Morgan fingerprint density at radius 1 is 0.731 bits per heavy atom. The summed E-state index contributed by atoms with van der Waals surface area (Å²) in [6.45, 7) is 4.49. The Bertz CT molecular complexity index is 824. The third kappa shape index (κ3) is 2.92. The zero-order valence-electron chi connectivity index (χ0n) is 15.3. The monoisotopic (exact) mass is 460 g/mol. The third-order valence-corrected chi connectivity index (χ3v) is 21.5. The van der Waals surface area contributed by atoms with Crippen molar-refractivity contribution in [1.29, 1.82) is 0 Å². The molecule has 2 aromatic carbocycles. The van der Waals surface area contributed by atoms with Gasteiger partial charge in [-0.15, -0.1) is 0 Å². The predicted octanol–water partition coefficient (Wildman–Crippen LogP) is 0.542. The van der Waals surface area contributed by atoms with Gasteiger partial charge in [-0.1, -0.05) is 0 Å². The Morgan fingerprint density at radius 3 is 1.58 bits per heavy atom. The first-order valence-electron chi connectivity index (χ1n) is 9.25. The molecule has 5 rings (SSSR count). The number of allylic oxidation sites excluding steroid dienone is 2. The molecule has 3 heteroatoms. The van der Waals surface area contributed by atoms with E-state index in [0.717, 1.165) is 7.25 Å². The number of hydrogen-bond donors (Lipinski definition) is 0. The van der Waals surface area contributed by atoms with Crippen molar-refractivity contribution in [2.75, 3.05) is 0 Å². The number of fused-ring (bicyclic) bond motifs is 2. The molecular weight excluding hydrogens is 438 g/mol. The van der Waals surface area contributed by atoms with E-state index >= 15 is 0 Å². The summed E-state index contributed by atoms with van der Waals surface area (Å²) in [6.07, 6.45) is 11.5. The minimum atomic E-state index is -2.31. The van der Waals surface area contributed by atoms with Gasteiger partial charge in [0.05, 0.1) is 0 Å². The van der Waals surface area contributed by atoms with Crippen LogP contribution in [0.25, 0.3) is 12.2 Å². The molecule has 1 heterocycles. The van der Waals surface area contributed by atoms with E-state index in [-0.39, 0.29) is 24.8 Å². The van der Waals surface area contributed by atoms with Crippen molar-refractivity contribution in [2.24, 2.45) is 0 Å². The zero-order valence-corrected chi connectivity index (χ0v) is 19.3. The minimum Gasteiger partial charge on any atom is -1.00 e. The summed E-state index contributed by atoms with van der Waals surface area (Å²) >= 11 is -2.31. The van der Waals surface area contributed by atoms with E-state index in [1.807, 2.05) is 0 Å². The van der Waals surface area contributed by atoms with Crippen molar-refractivity contribution in [3.8, 4) is 0 Å². The van der Waals surface area contributed by atoms with E-state index in [9.17, 15) is 0 Å². The Balaban J connectivity index is 0.000000980. The summed E-state index contributed by atoms with van der Waals surface area (Å²) in [4.78, 5) is 0. The second-order valence-electron chi connectivity index (χ2n) is 8.03. The van der Waals surface area contributed by atoms with Gasteiger partial charge < -0.3 is 24.8 Å². The Kier molecular flexibility index (Phi) is 5.75. The first-order valence-corrected chi connectivity index (χ1v) is 15.6. The van der Waals surface area contributed by atoms with Crippen LogP contribution in [-0.4, -0.2) is 0 Å². The topological polar surface area (TPSA) is 0 Å². The van der Waals surface area contributed by atoms with Crippen molar-refractivity contribution in [1.82, 2.24) is 0 Å². The molecule has 1 fully saturated rings. The van der Waals surface area contributed by atoms with Crippen molar-refractivity contribution >= 4 is 12.2 Å². The molecule has 0 radical (unpaired) electrons. The fourth-order valence-electron chi connectivity index (χ4n) is 5.24. The van der Waals surface area contributed by atoms with Crippen LogP contribution in [0.1, 0.15) is 47.1 Å². The van der Waals surface area contributed by atoms with Gasteiger partial charge in [0.2, 0.25) is 0 Å². The van der Waals surface area contributed by atoms with Crippen LogP contribution in [-0.2, 0) is 20.3 Å². The Morgan fingerprint density at radius 2 is 1.19 bits per heavy atom. The van der Waals surface area contributed by atoms with Crippen molar-refractivity contribution in [3.63, 3.8) is 0 Å². The molecule has 2 unspecified atom stereocenters. The molecule has 1 saturated heterocycles. The molecule has 0 N–H and O–H groups in total. The van der Waals surface area contributed by atoms with E-state index in [1.54, 1.807) is 19.4 Å². The van der Waals surface area contributed by atoms with Gasteiger partial charge in [-0.05, 0) is 0 Å². The fourth-order valence-corrected chi connectivity index (χ4v) is 18.8. The predicted molar refractivity (Wildman–Crippen MR) is 100 cm³/mol. The van der Waals surface area contributed by atoms with Gasteiger partial charge in [0, 0.05) is 0 Å². The molecule has 1 aliphatic heterocycles. The van der Waals surface area contributed by atoms with Crippen LogP contribution >= 0.6 is 0 Å². The maximum Gasteiger partial charge on any atom is -1.00 e. The number of aryl methyl sites for hydroxylation is 2. The third-order valence-electron chi connectivity index (χ3n) is 6.61. The van der Waals surface area contributed by atoms with Crippen molar-refractivity contribution in [2.45, 2.75) is 35.8 Å². The number of rotatable bonds is 2. The Hall–Kier alpha value is -0.617. The second kappa shape index (κ2) is 7.42. The van der Waals surface area contributed by atoms with Crippen molar-refractivity contribution < 1.29 is 45.1 Å². The van der Waals surface area contributed by atoms with E-state index in [4.69, 9.17) is 0 Å². The molecule has 134 valence electrons. The van der Waals surface area contributed by atoms with Gasteiger partial charge in [0.25, 0.3) is 0 Å². The van der Waals surface area contributed by atoms with Gasteiger partial charge in [-0.25, -0.2) is 0 Å². The summed E-state index contributed by atoms with van der Waals surface area (Å²) in [5.74, 6) is 0. The van der Waals surface area contributed by atoms with Crippen LogP contribution in [0.3, 0.4) is 0 Å². The summed E-state index contributed by atoms with van der Waals surface area (Å²) in [7, 11) is 0. The normalized spacial score (nSPS) is 22.2. The van der Waals surface area contributed by atoms with Crippen LogP contribution in [0.15, 0.2) is 48.6 Å². The summed E-state index contributed by atoms with van der Waals surface area (Å²) in [5, 5.41) is 0. The molecule has 3 aliphatic rings. The quantitative estimate of drug-likeness (QED) is 0.612. The number of halogens is 2. The molecule has 0 saturated carbocycles. The molecule has 26 heavy (non-hydrogen) atoms. The second-order valence-corrected chi connectivity index (χ2v) is 19.6. The van der Waals surface area contributed by atoms with Crippen LogP contribution in [0.5, 0.6) is 0 Å². The maximum atomic E-state index is 2.58. The molecule has 2 atom stereocenters. The molecule has 0 bridgehead atoms. The largest absolute Gasteiger partial charge is 1.00 e. The van der Waals surface area contributed by atoms with Gasteiger partial charge in [-0.2, -0.15) is 0 Å². The SMILES string of the molecule is Cc1ccc2c(c1)[CH]([Zr+2]1([CH]3C=Cc4ccc(C)cc43)[CH2]C[CH2]1)C=C2.[Cl-].[Cl-]. The molecule has 0 spiro atoms. The number of hydrogen-bond acceptors (Lipinski definition) is 0.